The minimum atomic E-state index is -0.841. The molecule has 1 fully saturated rings. The Hall–Kier alpha value is -2.57. The van der Waals surface area contributed by atoms with Crippen LogP contribution in [0.15, 0.2) is 48.8 Å². The van der Waals surface area contributed by atoms with Crippen molar-refractivity contribution >= 4 is 34.3 Å². The summed E-state index contributed by atoms with van der Waals surface area (Å²) >= 11 is 6.03. The fourth-order valence-corrected chi connectivity index (χ4v) is 3.76. The van der Waals surface area contributed by atoms with Crippen LogP contribution >= 0.6 is 11.6 Å². The third kappa shape index (κ3) is 3.13. The van der Waals surface area contributed by atoms with Gasteiger partial charge in [0.05, 0.1) is 0 Å². The molecule has 134 valence electrons. The number of carboxylic acids is 1. The van der Waals surface area contributed by atoms with Crippen LogP contribution in [0.3, 0.4) is 0 Å². The second-order valence-electron chi connectivity index (χ2n) is 6.39. The summed E-state index contributed by atoms with van der Waals surface area (Å²) in [6.07, 6.45) is 3.56. The van der Waals surface area contributed by atoms with Crippen molar-refractivity contribution in [3.05, 3.63) is 59.4 Å². The number of rotatable bonds is 4. The summed E-state index contributed by atoms with van der Waals surface area (Å²) < 4.78 is 0. The van der Waals surface area contributed by atoms with E-state index in [2.05, 4.69) is 14.9 Å². The summed E-state index contributed by atoms with van der Waals surface area (Å²) in [5, 5.41) is 11.4. The van der Waals surface area contributed by atoms with Gasteiger partial charge in [-0.25, -0.2) is 4.98 Å². The molecule has 2 N–H and O–H groups in total. The predicted octanol–water partition coefficient (Wildman–Crippen LogP) is 3.16. The highest BCUT2D eigenvalue weighted by Crippen LogP contribution is 2.31. The van der Waals surface area contributed by atoms with Crippen LogP contribution in [-0.4, -0.2) is 52.1 Å². The van der Waals surface area contributed by atoms with E-state index in [1.54, 1.807) is 18.5 Å². The second-order valence-corrected chi connectivity index (χ2v) is 6.82. The van der Waals surface area contributed by atoms with E-state index in [-0.39, 0.29) is 0 Å². The van der Waals surface area contributed by atoms with Crippen molar-refractivity contribution in [1.82, 2.24) is 14.9 Å². The number of pyridine rings is 1. The van der Waals surface area contributed by atoms with Gasteiger partial charge in [-0.05, 0) is 24.3 Å². The van der Waals surface area contributed by atoms with Crippen molar-refractivity contribution in [2.75, 3.05) is 31.1 Å². The van der Waals surface area contributed by atoms with Gasteiger partial charge >= 0.3 is 5.97 Å². The van der Waals surface area contributed by atoms with E-state index in [0.29, 0.717) is 18.1 Å². The van der Waals surface area contributed by atoms with Crippen LogP contribution in [0.5, 0.6) is 0 Å². The first-order chi connectivity index (χ1) is 12.6. The lowest BCUT2D eigenvalue weighted by Gasteiger charge is -2.38. The highest BCUT2D eigenvalue weighted by Gasteiger charge is 2.32. The molecule has 2 aromatic heterocycles. The Labute approximate surface area is 156 Å². The molecule has 1 aromatic carbocycles. The van der Waals surface area contributed by atoms with E-state index in [1.807, 2.05) is 35.2 Å². The molecule has 1 aliphatic rings. The van der Waals surface area contributed by atoms with Gasteiger partial charge in [-0.2, -0.15) is 0 Å². The minimum absolute atomic E-state index is 0.627. The average molecular weight is 371 g/mol. The van der Waals surface area contributed by atoms with Crippen LogP contribution in [0.25, 0.3) is 10.9 Å². The van der Waals surface area contributed by atoms with Gasteiger partial charge in [-0.3, -0.25) is 9.69 Å². The molecule has 1 atom stereocenters. The summed E-state index contributed by atoms with van der Waals surface area (Å²) in [7, 11) is 0. The number of benzene rings is 1. The van der Waals surface area contributed by atoms with Crippen molar-refractivity contribution in [1.29, 1.82) is 0 Å². The molecule has 26 heavy (non-hydrogen) atoms. The van der Waals surface area contributed by atoms with Gasteiger partial charge in [0.25, 0.3) is 0 Å². The maximum atomic E-state index is 12.1. The lowest BCUT2D eigenvalue weighted by atomic mass is 10.0. The quantitative estimate of drug-likeness (QED) is 0.738. The number of carbonyl (C=O) groups is 1. The molecular weight excluding hydrogens is 352 g/mol. The highest BCUT2D eigenvalue weighted by molar-refractivity contribution is 6.31. The smallest absolute Gasteiger partial charge is 0.325 e. The number of piperazine rings is 1. The average Bonchev–Trinajstić information content (AvgIpc) is 3.05. The van der Waals surface area contributed by atoms with E-state index in [9.17, 15) is 9.90 Å². The van der Waals surface area contributed by atoms with Crippen molar-refractivity contribution in [2.24, 2.45) is 0 Å². The largest absolute Gasteiger partial charge is 0.480 e. The van der Waals surface area contributed by atoms with Crippen LogP contribution in [0.4, 0.5) is 5.82 Å². The third-order valence-electron chi connectivity index (χ3n) is 4.86. The summed E-state index contributed by atoms with van der Waals surface area (Å²) in [5.41, 5.74) is 1.63. The molecule has 0 saturated carbocycles. The fraction of sp³-hybridized carbons (Fsp3) is 0.263. The maximum absolute atomic E-state index is 12.1. The van der Waals surface area contributed by atoms with Gasteiger partial charge in [0, 0.05) is 60.1 Å². The predicted molar refractivity (Wildman–Crippen MR) is 102 cm³/mol. The van der Waals surface area contributed by atoms with Crippen LogP contribution in [0.1, 0.15) is 11.6 Å². The van der Waals surface area contributed by atoms with Crippen molar-refractivity contribution < 1.29 is 9.90 Å². The number of hydrogen-bond donors (Lipinski definition) is 2. The Balaban J connectivity index is 1.57. The van der Waals surface area contributed by atoms with Gasteiger partial charge in [0.15, 0.2) is 0 Å². The van der Waals surface area contributed by atoms with Crippen LogP contribution in [0, 0.1) is 0 Å². The Morgan fingerprint density at radius 1 is 1.19 bits per heavy atom. The Morgan fingerprint density at radius 3 is 2.69 bits per heavy atom. The second kappa shape index (κ2) is 6.97. The molecule has 0 aliphatic carbocycles. The number of fused-ring (bicyclic) bond motifs is 1. The molecule has 3 aromatic rings. The molecular formula is C19H19ClN4O2. The monoisotopic (exact) mass is 370 g/mol. The molecule has 0 unspecified atom stereocenters. The number of carboxylic acid groups (broad SMARTS) is 1. The normalized spacial score (nSPS) is 16.7. The number of halogens is 1. The zero-order valence-electron chi connectivity index (χ0n) is 14.1. The Morgan fingerprint density at radius 2 is 2.00 bits per heavy atom. The molecule has 4 rings (SSSR count). The number of nitrogens with one attached hydrogen (secondary N) is 1. The molecule has 0 bridgehead atoms. The third-order valence-corrected chi connectivity index (χ3v) is 5.09. The lowest BCUT2D eigenvalue weighted by molar-refractivity contribution is -0.143. The van der Waals surface area contributed by atoms with Crippen molar-refractivity contribution in [3.63, 3.8) is 0 Å². The van der Waals surface area contributed by atoms with Crippen LogP contribution < -0.4 is 4.90 Å². The molecule has 1 aliphatic heterocycles. The van der Waals surface area contributed by atoms with E-state index < -0.39 is 12.0 Å². The summed E-state index contributed by atoms with van der Waals surface area (Å²) in [6, 6.07) is 10.6. The summed E-state index contributed by atoms with van der Waals surface area (Å²) in [6.45, 7) is 2.81. The first kappa shape index (κ1) is 16.9. The number of anilines is 1. The standard InChI is InChI=1S/C19H19ClN4O2/c20-13-4-5-14-15(12-22-16(14)11-13)18(19(25)26)24-9-7-23(8-10-24)17-3-1-2-6-21-17/h1-6,11-12,18,22H,7-10H2,(H,25,26)/t18-/m1/s1. The number of aromatic amines is 1. The molecule has 3 heterocycles. The lowest BCUT2D eigenvalue weighted by Crippen LogP contribution is -2.49. The topological polar surface area (TPSA) is 72.5 Å². The maximum Gasteiger partial charge on any atom is 0.325 e. The van der Waals surface area contributed by atoms with Crippen LogP contribution in [0.2, 0.25) is 5.02 Å². The number of nitrogens with zero attached hydrogens (tertiary/aromatic N) is 3. The minimum Gasteiger partial charge on any atom is -0.480 e. The molecule has 0 radical (unpaired) electrons. The zero-order valence-corrected chi connectivity index (χ0v) is 14.9. The van der Waals surface area contributed by atoms with Gasteiger partial charge in [-0.15, -0.1) is 0 Å². The van der Waals surface area contributed by atoms with Gasteiger partial charge in [-0.1, -0.05) is 23.7 Å². The van der Waals surface area contributed by atoms with E-state index >= 15 is 0 Å². The number of aliphatic carboxylic acids is 1. The number of aromatic nitrogens is 2. The first-order valence-corrected chi connectivity index (χ1v) is 8.90. The van der Waals surface area contributed by atoms with Crippen molar-refractivity contribution in [2.45, 2.75) is 6.04 Å². The zero-order chi connectivity index (χ0) is 18.1. The van der Waals surface area contributed by atoms with E-state index in [0.717, 1.165) is 35.4 Å². The van der Waals surface area contributed by atoms with E-state index in [4.69, 9.17) is 11.6 Å². The fourth-order valence-electron chi connectivity index (χ4n) is 3.58. The van der Waals surface area contributed by atoms with Gasteiger partial charge in [0.2, 0.25) is 0 Å². The van der Waals surface area contributed by atoms with Crippen molar-refractivity contribution in [3.8, 4) is 0 Å². The Bertz CT molecular complexity index is 920. The Kier molecular flexibility index (Phi) is 4.53. The highest BCUT2D eigenvalue weighted by atomic mass is 35.5. The molecule has 6 nitrogen and oxygen atoms in total. The number of H-pyrrole nitrogens is 1. The molecule has 0 spiro atoms. The molecule has 0 amide bonds. The summed E-state index contributed by atoms with van der Waals surface area (Å²) in [4.78, 5) is 23.8. The summed E-state index contributed by atoms with van der Waals surface area (Å²) in [5.74, 6) is 0.0906. The van der Waals surface area contributed by atoms with E-state index in [1.165, 1.54) is 0 Å². The molecule has 7 heteroatoms. The SMILES string of the molecule is O=C(O)[C@@H](c1c[nH]c2cc(Cl)ccc12)N1CCN(c2ccccn2)CC1. The van der Waals surface area contributed by atoms with Gasteiger partial charge in [0.1, 0.15) is 11.9 Å². The van der Waals surface area contributed by atoms with Crippen LogP contribution in [-0.2, 0) is 4.79 Å². The number of hydrogen-bond acceptors (Lipinski definition) is 4. The van der Waals surface area contributed by atoms with Gasteiger partial charge < -0.3 is 15.0 Å². The first-order valence-electron chi connectivity index (χ1n) is 8.53. The molecule has 1 saturated heterocycles.